The molecule has 0 amide bonds. The van der Waals surface area contributed by atoms with Crippen molar-refractivity contribution in [1.82, 2.24) is 4.98 Å². The van der Waals surface area contributed by atoms with Gasteiger partial charge in [0.1, 0.15) is 0 Å². The summed E-state index contributed by atoms with van der Waals surface area (Å²) in [7, 11) is 0. The molecule has 0 saturated heterocycles. The molecule has 4 nitrogen and oxygen atoms in total. The van der Waals surface area contributed by atoms with Gasteiger partial charge in [0.2, 0.25) is 0 Å². The molecule has 98 valence electrons. The van der Waals surface area contributed by atoms with Gasteiger partial charge in [0, 0.05) is 5.69 Å². The van der Waals surface area contributed by atoms with Gasteiger partial charge in [0.15, 0.2) is 0 Å². The zero-order chi connectivity index (χ0) is 14.0. The number of hydrogen-bond donors (Lipinski definition) is 2. The molecule has 0 bridgehead atoms. The first-order valence-corrected chi connectivity index (χ1v) is 6.02. The van der Waals surface area contributed by atoms with E-state index in [1.54, 1.807) is 12.1 Å². The number of aryl methyl sites for hydroxylation is 3. The monoisotopic (exact) mass is 256 g/mol. The number of hydrogen-bond acceptors (Lipinski definition) is 3. The molecule has 0 aliphatic rings. The van der Waals surface area contributed by atoms with E-state index in [9.17, 15) is 9.90 Å². The summed E-state index contributed by atoms with van der Waals surface area (Å²) in [4.78, 5) is 15.6. The highest BCUT2D eigenvalue weighted by molar-refractivity contribution is 5.95. The fraction of sp³-hybridized carbons (Fsp3) is 0.200. The van der Waals surface area contributed by atoms with Crippen LogP contribution in [0.25, 0.3) is 0 Å². The molecule has 1 aromatic heterocycles. The van der Waals surface area contributed by atoms with Crippen LogP contribution in [0.4, 0.5) is 11.4 Å². The molecule has 0 aliphatic carbocycles. The molecule has 0 unspecified atom stereocenters. The van der Waals surface area contributed by atoms with Crippen molar-refractivity contribution in [2.24, 2.45) is 0 Å². The van der Waals surface area contributed by atoms with Crippen LogP contribution in [0.1, 0.15) is 27.3 Å². The highest BCUT2D eigenvalue weighted by Crippen LogP contribution is 2.24. The zero-order valence-corrected chi connectivity index (χ0v) is 11.2. The Morgan fingerprint density at radius 2 is 1.84 bits per heavy atom. The molecule has 0 radical (unpaired) electrons. The lowest BCUT2D eigenvalue weighted by atomic mass is 10.1. The van der Waals surface area contributed by atoms with E-state index in [0.717, 1.165) is 22.6 Å². The van der Waals surface area contributed by atoms with Crippen LogP contribution in [0.2, 0.25) is 0 Å². The molecule has 0 saturated carbocycles. The molecule has 0 aliphatic heterocycles. The first kappa shape index (κ1) is 13.1. The predicted octanol–water partition coefficient (Wildman–Crippen LogP) is 3.45. The van der Waals surface area contributed by atoms with Crippen LogP contribution in [-0.2, 0) is 0 Å². The number of rotatable bonds is 3. The van der Waals surface area contributed by atoms with Crippen LogP contribution in [0.5, 0.6) is 0 Å². The number of anilines is 2. The van der Waals surface area contributed by atoms with E-state index in [2.05, 4.69) is 10.3 Å². The summed E-state index contributed by atoms with van der Waals surface area (Å²) in [6.07, 6.45) is 0. The van der Waals surface area contributed by atoms with Crippen molar-refractivity contribution in [1.29, 1.82) is 0 Å². The van der Waals surface area contributed by atoms with Gasteiger partial charge < -0.3 is 10.4 Å². The van der Waals surface area contributed by atoms with Gasteiger partial charge in [-0.05, 0) is 50.6 Å². The minimum absolute atomic E-state index is 0.255. The van der Waals surface area contributed by atoms with Gasteiger partial charge in [-0.1, -0.05) is 6.07 Å². The number of aromatic nitrogens is 1. The third-order valence-electron chi connectivity index (χ3n) is 2.90. The number of carboxylic acids is 1. The molecule has 0 fully saturated rings. The van der Waals surface area contributed by atoms with Crippen molar-refractivity contribution < 1.29 is 9.90 Å². The van der Waals surface area contributed by atoms with E-state index in [4.69, 9.17) is 0 Å². The van der Waals surface area contributed by atoms with E-state index in [1.165, 1.54) is 0 Å². The molecule has 2 N–H and O–H groups in total. The highest BCUT2D eigenvalue weighted by atomic mass is 16.4. The van der Waals surface area contributed by atoms with Gasteiger partial charge in [0.05, 0.1) is 22.6 Å². The average Bonchev–Trinajstić information content (AvgIpc) is 2.32. The molecule has 2 aromatic rings. The summed E-state index contributed by atoms with van der Waals surface area (Å²) in [6, 6.07) is 9.02. The van der Waals surface area contributed by atoms with Gasteiger partial charge in [-0.3, -0.25) is 4.98 Å². The van der Waals surface area contributed by atoms with E-state index in [-0.39, 0.29) is 5.56 Å². The van der Waals surface area contributed by atoms with Crippen LogP contribution in [0.3, 0.4) is 0 Å². The fourth-order valence-corrected chi connectivity index (χ4v) is 1.91. The molecule has 0 atom stereocenters. The number of nitrogens with one attached hydrogen (secondary N) is 1. The summed E-state index contributed by atoms with van der Waals surface area (Å²) in [6.45, 7) is 5.74. The second kappa shape index (κ2) is 5.10. The molecule has 1 heterocycles. The van der Waals surface area contributed by atoms with Crippen molar-refractivity contribution in [2.75, 3.05) is 5.32 Å². The van der Waals surface area contributed by atoms with Crippen LogP contribution < -0.4 is 5.32 Å². The Labute approximate surface area is 112 Å². The fourth-order valence-electron chi connectivity index (χ4n) is 1.91. The highest BCUT2D eigenvalue weighted by Gasteiger charge is 2.11. The van der Waals surface area contributed by atoms with Crippen molar-refractivity contribution in [3.8, 4) is 0 Å². The van der Waals surface area contributed by atoms with Crippen LogP contribution in [0.15, 0.2) is 30.3 Å². The predicted molar refractivity (Wildman–Crippen MR) is 75.1 cm³/mol. The van der Waals surface area contributed by atoms with Crippen molar-refractivity contribution >= 4 is 17.3 Å². The maximum Gasteiger partial charge on any atom is 0.337 e. The van der Waals surface area contributed by atoms with E-state index >= 15 is 0 Å². The topological polar surface area (TPSA) is 62.2 Å². The Morgan fingerprint density at radius 3 is 2.47 bits per heavy atom. The Bertz CT molecular complexity index is 636. The van der Waals surface area contributed by atoms with Gasteiger partial charge in [-0.15, -0.1) is 0 Å². The molecular weight excluding hydrogens is 240 g/mol. The smallest absolute Gasteiger partial charge is 0.337 e. The summed E-state index contributed by atoms with van der Waals surface area (Å²) >= 11 is 0. The Hall–Kier alpha value is -2.36. The second-order valence-electron chi connectivity index (χ2n) is 4.56. The van der Waals surface area contributed by atoms with Gasteiger partial charge in [0.25, 0.3) is 0 Å². The lowest BCUT2D eigenvalue weighted by Gasteiger charge is -2.12. The van der Waals surface area contributed by atoms with Crippen molar-refractivity contribution in [3.63, 3.8) is 0 Å². The number of aromatic carboxylic acids is 1. The minimum Gasteiger partial charge on any atom is -0.478 e. The first-order valence-electron chi connectivity index (χ1n) is 6.02. The standard InChI is InChI=1S/C15H16N2O2/c1-9-4-6-12(15(18)19)14(8-9)17-13-7-5-10(2)16-11(13)3/h4-8,17H,1-3H3,(H,18,19). The second-order valence-corrected chi connectivity index (χ2v) is 4.56. The summed E-state index contributed by atoms with van der Waals surface area (Å²) < 4.78 is 0. The third-order valence-corrected chi connectivity index (χ3v) is 2.90. The van der Waals surface area contributed by atoms with Gasteiger partial charge in [-0.2, -0.15) is 0 Å². The van der Waals surface area contributed by atoms with E-state index in [1.807, 2.05) is 39.0 Å². The number of nitrogens with zero attached hydrogens (tertiary/aromatic N) is 1. The Balaban J connectivity index is 2.42. The first-order chi connectivity index (χ1) is 8.97. The van der Waals surface area contributed by atoms with Crippen LogP contribution in [0, 0.1) is 20.8 Å². The SMILES string of the molecule is Cc1ccc(C(=O)O)c(Nc2ccc(C)nc2C)c1. The maximum atomic E-state index is 11.2. The summed E-state index contributed by atoms with van der Waals surface area (Å²) in [5.74, 6) is -0.944. The third kappa shape index (κ3) is 2.91. The molecule has 0 spiro atoms. The molecule has 4 heteroatoms. The van der Waals surface area contributed by atoms with E-state index < -0.39 is 5.97 Å². The molecule has 19 heavy (non-hydrogen) atoms. The molecule has 1 aromatic carbocycles. The van der Waals surface area contributed by atoms with Crippen molar-refractivity contribution in [2.45, 2.75) is 20.8 Å². The Morgan fingerprint density at radius 1 is 1.11 bits per heavy atom. The van der Waals surface area contributed by atoms with Crippen molar-refractivity contribution in [3.05, 3.63) is 52.8 Å². The molecular formula is C15H16N2O2. The number of benzene rings is 1. The number of pyridine rings is 1. The Kier molecular flexibility index (Phi) is 3.51. The number of carboxylic acid groups (broad SMARTS) is 1. The molecule has 2 rings (SSSR count). The van der Waals surface area contributed by atoms with E-state index in [0.29, 0.717) is 5.69 Å². The summed E-state index contributed by atoms with van der Waals surface area (Å²) in [5, 5.41) is 12.3. The zero-order valence-electron chi connectivity index (χ0n) is 11.2. The maximum absolute atomic E-state index is 11.2. The van der Waals surface area contributed by atoms with Crippen LogP contribution >= 0.6 is 0 Å². The number of carbonyl (C=O) groups is 1. The summed E-state index contributed by atoms with van der Waals surface area (Å²) in [5.41, 5.74) is 4.44. The van der Waals surface area contributed by atoms with Crippen LogP contribution in [-0.4, -0.2) is 16.1 Å². The normalized spacial score (nSPS) is 10.3. The van der Waals surface area contributed by atoms with Gasteiger partial charge in [-0.25, -0.2) is 4.79 Å². The quantitative estimate of drug-likeness (QED) is 0.883. The lowest BCUT2D eigenvalue weighted by molar-refractivity contribution is 0.0698. The largest absolute Gasteiger partial charge is 0.478 e. The minimum atomic E-state index is -0.944. The van der Waals surface area contributed by atoms with Gasteiger partial charge >= 0.3 is 5.97 Å². The lowest BCUT2D eigenvalue weighted by Crippen LogP contribution is -2.04. The average molecular weight is 256 g/mol.